The summed E-state index contributed by atoms with van der Waals surface area (Å²) in [5.74, 6) is 1.69. The molecule has 0 bridgehead atoms. The van der Waals surface area contributed by atoms with Gasteiger partial charge in [0.2, 0.25) is 0 Å². The van der Waals surface area contributed by atoms with E-state index < -0.39 is 0 Å². The molecule has 1 aromatic heterocycles. The van der Waals surface area contributed by atoms with Crippen LogP contribution in [0.25, 0.3) is 0 Å². The van der Waals surface area contributed by atoms with Crippen molar-refractivity contribution in [3.05, 3.63) is 16.1 Å². The molecule has 94 valence electrons. The first-order chi connectivity index (χ1) is 8.09. The van der Waals surface area contributed by atoms with E-state index in [4.69, 9.17) is 4.98 Å². The molecule has 3 heteroatoms. The third-order valence-corrected chi connectivity index (χ3v) is 5.41. The van der Waals surface area contributed by atoms with Crippen molar-refractivity contribution in [1.29, 1.82) is 0 Å². The molecule has 2 saturated carbocycles. The number of hydrogen-bond donors (Lipinski definition) is 1. The Balaban J connectivity index is 1.78. The van der Waals surface area contributed by atoms with Crippen LogP contribution in [-0.2, 0) is 5.54 Å². The first-order valence-electron chi connectivity index (χ1n) is 6.79. The van der Waals surface area contributed by atoms with Crippen molar-refractivity contribution in [2.75, 3.05) is 0 Å². The summed E-state index contributed by atoms with van der Waals surface area (Å²) in [6.07, 6.45) is 5.29. The van der Waals surface area contributed by atoms with Crippen LogP contribution < -0.4 is 5.32 Å². The predicted octanol–water partition coefficient (Wildman–Crippen LogP) is 3.46. The summed E-state index contributed by atoms with van der Waals surface area (Å²) in [6, 6.07) is 0.771. The SMILES string of the molecule is Cc1csc(C2(NC3CC3)CC(C(C)C)C2)n1. The predicted molar refractivity (Wildman–Crippen MR) is 72.2 cm³/mol. The highest BCUT2D eigenvalue weighted by Crippen LogP contribution is 2.50. The molecule has 0 spiro atoms. The number of nitrogens with zero attached hydrogens (tertiary/aromatic N) is 1. The lowest BCUT2D eigenvalue weighted by Gasteiger charge is -2.49. The topological polar surface area (TPSA) is 24.9 Å². The van der Waals surface area contributed by atoms with Crippen molar-refractivity contribution in [1.82, 2.24) is 10.3 Å². The van der Waals surface area contributed by atoms with Gasteiger partial charge in [0.15, 0.2) is 0 Å². The Morgan fingerprint density at radius 3 is 2.59 bits per heavy atom. The zero-order chi connectivity index (χ0) is 12.0. The number of thiazole rings is 1. The molecule has 2 aliphatic rings. The summed E-state index contributed by atoms with van der Waals surface area (Å²) < 4.78 is 0. The highest BCUT2D eigenvalue weighted by molar-refractivity contribution is 7.09. The molecule has 0 atom stereocenters. The molecular weight excluding hydrogens is 228 g/mol. The van der Waals surface area contributed by atoms with Crippen LogP contribution in [0.4, 0.5) is 0 Å². The highest BCUT2D eigenvalue weighted by atomic mass is 32.1. The molecule has 2 nitrogen and oxygen atoms in total. The molecule has 2 fully saturated rings. The van der Waals surface area contributed by atoms with Crippen molar-refractivity contribution >= 4 is 11.3 Å². The zero-order valence-electron chi connectivity index (χ0n) is 11.0. The maximum Gasteiger partial charge on any atom is 0.113 e. The average Bonchev–Trinajstić information content (AvgIpc) is 2.92. The molecule has 17 heavy (non-hydrogen) atoms. The second kappa shape index (κ2) is 4.06. The lowest BCUT2D eigenvalue weighted by molar-refractivity contribution is 0.0656. The molecule has 0 radical (unpaired) electrons. The average molecular weight is 250 g/mol. The molecule has 0 unspecified atom stereocenters. The minimum atomic E-state index is 0.231. The Bertz CT molecular complexity index is 400. The molecular formula is C14H22N2S. The molecule has 1 N–H and O–H groups in total. The van der Waals surface area contributed by atoms with E-state index >= 15 is 0 Å². The van der Waals surface area contributed by atoms with Crippen LogP contribution in [0.3, 0.4) is 0 Å². The lowest BCUT2D eigenvalue weighted by atomic mass is 9.64. The van der Waals surface area contributed by atoms with E-state index in [-0.39, 0.29) is 5.54 Å². The van der Waals surface area contributed by atoms with Crippen molar-refractivity contribution in [2.45, 2.75) is 58.0 Å². The Labute approximate surface area is 108 Å². The summed E-state index contributed by atoms with van der Waals surface area (Å²) in [4.78, 5) is 4.74. The van der Waals surface area contributed by atoms with Crippen LogP contribution >= 0.6 is 11.3 Å². The fraction of sp³-hybridized carbons (Fsp3) is 0.786. The minimum absolute atomic E-state index is 0.231. The fourth-order valence-corrected chi connectivity index (χ4v) is 3.84. The Morgan fingerprint density at radius 1 is 1.41 bits per heavy atom. The van der Waals surface area contributed by atoms with Gasteiger partial charge in [0.05, 0.1) is 5.54 Å². The number of rotatable bonds is 4. The molecule has 1 heterocycles. The van der Waals surface area contributed by atoms with E-state index in [0.717, 1.165) is 17.9 Å². The summed E-state index contributed by atoms with van der Waals surface area (Å²) in [6.45, 7) is 6.79. The summed E-state index contributed by atoms with van der Waals surface area (Å²) in [5, 5.41) is 7.39. The summed E-state index contributed by atoms with van der Waals surface area (Å²) >= 11 is 1.84. The second-order valence-corrected chi connectivity index (χ2v) is 7.07. The quantitative estimate of drug-likeness (QED) is 0.885. The summed E-state index contributed by atoms with van der Waals surface area (Å²) in [7, 11) is 0. The molecule has 3 rings (SSSR count). The Hall–Kier alpha value is -0.410. The minimum Gasteiger partial charge on any atom is -0.303 e. The molecule has 0 amide bonds. The monoisotopic (exact) mass is 250 g/mol. The van der Waals surface area contributed by atoms with E-state index in [0.29, 0.717) is 0 Å². The van der Waals surface area contributed by atoms with E-state index in [1.54, 1.807) is 0 Å². The van der Waals surface area contributed by atoms with Crippen LogP contribution in [0, 0.1) is 18.8 Å². The van der Waals surface area contributed by atoms with Gasteiger partial charge in [-0.05, 0) is 44.4 Å². The van der Waals surface area contributed by atoms with Gasteiger partial charge in [-0.3, -0.25) is 0 Å². The fourth-order valence-electron chi connectivity index (χ4n) is 2.85. The number of nitrogens with one attached hydrogen (secondary N) is 1. The summed E-state index contributed by atoms with van der Waals surface area (Å²) in [5.41, 5.74) is 1.41. The molecule has 0 aromatic carbocycles. The maximum atomic E-state index is 4.74. The highest BCUT2D eigenvalue weighted by Gasteiger charge is 2.50. The number of aromatic nitrogens is 1. The van der Waals surface area contributed by atoms with E-state index in [1.807, 2.05) is 11.3 Å². The van der Waals surface area contributed by atoms with Gasteiger partial charge < -0.3 is 5.32 Å². The third-order valence-electron chi connectivity index (χ3n) is 4.25. The maximum absolute atomic E-state index is 4.74. The Kier molecular flexibility index (Phi) is 2.79. The van der Waals surface area contributed by atoms with Gasteiger partial charge >= 0.3 is 0 Å². The molecule has 2 aliphatic carbocycles. The van der Waals surface area contributed by atoms with E-state index in [2.05, 4.69) is 31.5 Å². The van der Waals surface area contributed by atoms with Crippen molar-refractivity contribution in [3.8, 4) is 0 Å². The lowest BCUT2D eigenvalue weighted by Crippen LogP contribution is -2.54. The third kappa shape index (κ3) is 2.15. The van der Waals surface area contributed by atoms with E-state index in [9.17, 15) is 0 Å². The normalized spacial score (nSPS) is 32.8. The van der Waals surface area contributed by atoms with Crippen LogP contribution in [0.15, 0.2) is 5.38 Å². The van der Waals surface area contributed by atoms with Crippen molar-refractivity contribution in [2.24, 2.45) is 11.8 Å². The van der Waals surface area contributed by atoms with Gasteiger partial charge in [0, 0.05) is 17.1 Å². The van der Waals surface area contributed by atoms with Crippen LogP contribution in [-0.4, -0.2) is 11.0 Å². The van der Waals surface area contributed by atoms with Crippen LogP contribution in [0.5, 0.6) is 0 Å². The standard InChI is InChI=1S/C14H22N2S/c1-9(2)11-6-14(7-11,16-12-4-5-12)13-15-10(3)8-17-13/h8-9,11-12,16H,4-7H2,1-3H3. The number of hydrogen-bond acceptors (Lipinski definition) is 3. The van der Waals surface area contributed by atoms with Gasteiger partial charge in [-0.25, -0.2) is 4.98 Å². The number of aryl methyl sites for hydroxylation is 1. The molecule has 0 aliphatic heterocycles. The van der Waals surface area contributed by atoms with Gasteiger partial charge in [0.25, 0.3) is 0 Å². The van der Waals surface area contributed by atoms with Crippen molar-refractivity contribution < 1.29 is 0 Å². The van der Waals surface area contributed by atoms with E-state index in [1.165, 1.54) is 36.4 Å². The van der Waals surface area contributed by atoms with Crippen LogP contribution in [0.2, 0.25) is 0 Å². The molecule has 0 saturated heterocycles. The second-order valence-electron chi connectivity index (χ2n) is 6.21. The first kappa shape index (κ1) is 11.7. The smallest absolute Gasteiger partial charge is 0.113 e. The Morgan fingerprint density at radius 2 is 2.12 bits per heavy atom. The zero-order valence-corrected chi connectivity index (χ0v) is 11.8. The molecule has 1 aromatic rings. The largest absolute Gasteiger partial charge is 0.303 e. The van der Waals surface area contributed by atoms with Crippen molar-refractivity contribution in [3.63, 3.8) is 0 Å². The van der Waals surface area contributed by atoms with Crippen LogP contribution in [0.1, 0.15) is 50.2 Å². The van der Waals surface area contributed by atoms with Gasteiger partial charge in [-0.1, -0.05) is 13.8 Å². The van der Waals surface area contributed by atoms with Gasteiger partial charge in [0.1, 0.15) is 5.01 Å². The van der Waals surface area contributed by atoms with Gasteiger partial charge in [-0.15, -0.1) is 11.3 Å². The first-order valence-corrected chi connectivity index (χ1v) is 7.67. The van der Waals surface area contributed by atoms with Gasteiger partial charge in [-0.2, -0.15) is 0 Å².